The molecule has 0 N–H and O–H groups in total. The Labute approximate surface area is 133 Å². The maximum Gasteiger partial charge on any atom is 0.338 e. The zero-order valence-corrected chi connectivity index (χ0v) is 14.0. The lowest BCUT2D eigenvalue weighted by Crippen LogP contribution is -2.29. The molecule has 22 heavy (non-hydrogen) atoms. The van der Waals surface area contributed by atoms with Crippen molar-refractivity contribution in [3.8, 4) is 5.75 Å². The molecule has 1 rings (SSSR count). The summed E-state index contributed by atoms with van der Waals surface area (Å²) in [6.07, 6.45) is 6.50. The molecule has 3 nitrogen and oxygen atoms in total. The van der Waals surface area contributed by atoms with Crippen LogP contribution in [0.5, 0.6) is 5.75 Å². The summed E-state index contributed by atoms with van der Waals surface area (Å²) >= 11 is 0. The summed E-state index contributed by atoms with van der Waals surface area (Å²) in [6, 6.07) is 6.89. The van der Waals surface area contributed by atoms with E-state index in [4.69, 9.17) is 9.47 Å². The number of carbonyl (C=O) groups is 1. The van der Waals surface area contributed by atoms with E-state index in [9.17, 15) is 4.79 Å². The Kier molecular flexibility index (Phi) is 6.90. The van der Waals surface area contributed by atoms with Crippen LogP contribution in [0, 0.1) is 0 Å². The fourth-order valence-electron chi connectivity index (χ4n) is 1.94. The minimum absolute atomic E-state index is 0.346. The standard InChI is InChI=1S/C19H26O3/c1-6-15(3)9-8-14-19(4,7-2)22-18(20)16-10-12-17(21-5)13-11-16/h7,9-13H,2,6,8,14H2,1,3-5H3/b15-9-. The highest BCUT2D eigenvalue weighted by molar-refractivity contribution is 5.89. The van der Waals surface area contributed by atoms with Crippen LogP contribution in [0.25, 0.3) is 0 Å². The number of rotatable bonds is 8. The largest absolute Gasteiger partial charge is 0.497 e. The lowest BCUT2D eigenvalue weighted by Gasteiger charge is -2.25. The summed E-state index contributed by atoms with van der Waals surface area (Å²) in [4.78, 5) is 12.2. The van der Waals surface area contributed by atoms with Crippen LogP contribution in [-0.4, -0.2) is 18.7 Å². The molecule has 1 atom stereocenters. The van der Waals surface area contributed by atoms with Crippen molar-refractivity contribution >= 4 is 5.97 Å². The van der Waals surface area contributed by atoms with Gasteiger partial charge < -0.3 is 9.47 Å². The zero-order valence-electron chi connectivity index (χ0n) is 14.0. The van der Waals surface area contributed by atoms with Crippen molar-refractivity contribution in [2.75, 3.05) is 7.11 Å². The first-order valence-electron chi connectivity index (χ1n) is 7.60. The Morgan fingerprint density at radius 1 is 1.32 bits per heavy atom. The second-order valence-electron chi connectivity index (χ2n) is 5.58. The van der Waals surface area contributed by atoms with Gasteiger partial charge in [0, 0.05) is 0 Å². The molecule has 0 aliphatic heterocycles. The van der Waals surface area contributed by atoms with Gasteiger partial charge >= 0.3 is 5.97 Å². The number of hydrogen-bond acceptors (Lipinski definition) is 3. The number of hydrogen-bond donors (Lipinski definition) is 0. The second-order valence-corrected chi connectivity index (χ2v) is 5.58. The average molecular weight is 302 g/mol. The maximum atomic E-state index is 12.2. The molecule has 0 fully saturated rings. The van der Waals surface area contributed by atoms with Gasteiger partial charge in [-0.15, -0.1) is 0 Å². The van der Waals surface area contributed by atoms with Gasteiger partial charge in [0.15, 0.2) is 0 Å². The Hall–Kier alpha value is -2.03. The Morgan fingerprint density at radius 2 is 1.95 bits per heavy atom. The molecule has 0 spiro atoms. The van der Waals surface area contributed by atoms with Gasteiger partial charge in [0.25, 0.3) is 0 Å². The lowest BCUT2D eigenvalue weighted by atomic mass is 9.98. The van der Waals surface area contributed by atoms with Gasteiger partial charge in [-0.2, -0.15) is 0 Å². The summed E-state index contributed by atoms with van der Waals surface area (Å²) in [5.41, 5.74) is 1.18. The monoisotopic (exact) mass is 302 g/mol. The first-order chi connectivity index (χ1) is 10.4. The molecule has 1 aromatic rings. The van der Waals surface area contributed by atoms with E-state index in [2.05, 4.69) is 26.5 Å². The van der Waals surface area contributed by atoms with Gasteiger partial charge in [0.2, 0.25) is 0 Å². The van der Waals surface area contributed by atoms with Gasteiger partial charge in [0.05, 0.1) is 12.7 Å². The minimum atomic E-state index is -0.665. The molecule has 0 saturated carbocycles. The first kappa shape index (κ1) is 18.0. The van der Waals surface area contributed by atoms with Crippen molar-refractivity contribution in [1.29, 1.82) is 0 Å². The van der Waals surface area contributed by atoms with E-state index in [0.29, 0.717) is 11.3 Å². The molecule has 0 aromatic heterocycles. The van der Waals surface area contributed by atoms with E-state index in [1.165, 1.54) is 5.57 Å². The fraction of sp³-hybridized carbons (Fsp3) is 0.421. The molecule has 0 amide bonds. The zero-order chi connectivity index (χ0) is 16.6. The van der Waals surface area contributed by atoms with Crippen LogP contribution < -0.4 is 4.74 Å². The second kappa shape index (κ2) is 8.42. The molecule has 0 saturated heterocycles. The fourth-order valence-corrected chi connectivity index (χ4v) is 1.94. The average Bonchev–Trinajstić information content (AvgIpc) is 2.54. The van der Waals surface area contributed by atoms with E-state index in [1.54, 1.807) is 37.5 Å². The van der Waals surface area contributed by atoms with E-state index in [1.807, 2.05) is 6.92 Å². The van der Waals surface area contributed by atoms with Crippen molar-refractivity contribution in [2.24, 2.45) is 0 Å². The van der Waals surface area contributed by atoms with Crippen molar-refractivity contribution in [3.05, 3.63) is 54.1 Å². The van der Waals surface area contributed by atoms with Crippen molar-refractivity contribution < 1.29 is 14.3 Å². The molecular weight excluding hydrogens is 276 g/mol. The number of ether oxygens (including phenoxy) is 2. The van der Waals surface area contributed by atoms with Gasteiger partial charge in [-0.3, -0.25) is 0 Å². The SMILES string of the molecule is C=CC(C)(CC/C=C(/C)CC)OC(=O)c1ccc(OC)cc1. The summed E-state index contributed by atoms with van der Waals surface area (Å²) in [5, 5.41) is 0. The molecule has 0 aliphatic rings. The Morgan fingerprint density at radius 3 is 2.45 bits per heavy atom. The molecular formula is C19H26O3. The summed E-state index contributed by atoms with van der Waals surface area (Å²) in [6.45, 7) is 9.93. The van der Waals surface area contributed by atoms with E-state index < -0.39 is 5.60 Å². The normalized spacial score (nSPS) is 14.1. The van der Waals surface area contributed by atoms with Crippen LogP contribution in [0.4, 0.5) is 0 Å². The number of carbonyl (C=O) groups excluding carboxylic acids is 1. The quantitative estimate of drug-likeness (QED) is 0.504. The molecule has 0 bridgehead atoms. The molecule has 0 aliphatic carbocycles. The number of allylic oxidation sites excluding steroid dienone is 2. The topological polar surface area (TPSA) is 35.5 Å². The lowest BCUT2D eigenvalue weighted by molar-refractivity contribution is 0.00834. The van der Waals surface area contributed by atoms with Gasteiger partial charge in [-0.25, -0.2) is 4.79 Å². The summed E-state index contributed by atoms with van der Waals surface area (Å²) in [7, 11) is 1.59. The third-order valence-corrected chi connectivity index (χ3v) is 3.77. The van der Waals surface area contributed by atoms with Crippen LogP contribution in [0.15, 0.2) is 48.6 Å². The van der Waals surface area contributed by atoms with Gasteiger partial charge in [-0.05, 0) is 63.5 Å². The third-order valence-electron chi connectivity index (χ3n) is 3.77. The molecule has 120 valence electrons. The maximum absolute atomic E-state index is 12.2. The predicted octanol–water partition coefficient (Wildman–Crippen LogP) is 4.93. The molecule has 1 unspecified atom stereocenters. The number of benzene rings is 1. The molecule has 0 heterocycles. The van der Waals surface area contributed by atoms with E-state index in [0.717, 1.165) is 19.3 Å². The third kappa shape index (κ3) is 5.40. The molecule has 0 radical (unpaired) electrons. The molecule has 1 aromatic carbocycles. The van der Waals surface area contributed by atoms with Gasteiger partial charge in [0.1, 0.15) is 11.4 Å². The van der Waals surface area contributed by atoms with Crippen LogP contribution >= 0.6 is 0 Å². The highest BCUT2D eigenvalue weighted by atomic mass is 16.6. The molecule has 3 heteroatoms. The number of methoxy groups -OCH3 is 1. The van der Waals surface area contributed by atoms with Crippen LogP contribution in [-0.2, 0) is 4.74 Å². The summed E-state index contributed by atoms with van der Waals surface area (Å²) < 4.78 is 10.7. The van der Waals surface area contributed by atoms with Crippen LogP contribution in [0.3, 0.4) is 0 Å². The number of esters is 1. The Balaban J connectivity index is 2.70. The van der Waals surface area contributed by atoms with Crippen LogP contribution in [0.2, 0.25) is 0 Å². The highest BCUT2D eigenvalue weighted by Crippen LogP contribution is 2.23. The van der Waals surface area contributed by atoms with Crippen molar-refractivity contribution in [2.45, 2.75) is 45.6 Å². The first-order valence-corrected chi connectivity index (χ1v) is 7.60. The smallest absolute Gasteiger partial charge is 0.338 e. The van der Waals surface area contributed by atoms with E-state index in [-0.39, 0.29) is 5.97 Å². The summed E-state index contributed by atoms with van der Waals surface area (Å²) in [5.74, 6) is 0.365. The van der Waals surface area contributed by atoms with Crippen molar-refractivity contribution in [3.63, 3.8) is 0 Å². The van der Waals surface area contributed by atoms with Crippen molar-refractivity contribution in [1.82, 2.24) is 0 Å². The van der Waals surface area contributed by atoms with Crippen LogP contribution in [0.1, 0.15) is 50.4 Å². The highest BCUT2D eigenvalue weighted by Gasteiger charge is 2.25. The van der Waals surface area contributed by atoms with E-state index >= 15 is 0 Å². The Bertz CT molecular complexity index is 528. The van der Waals surface area contributed by atoms with Gasteiger partial charge in [-0.1, -0.05) is 25.2 Å². The predicted molar refractivity (Wildman–Crippen MR) is 90.3 cm³/mol. The minimum Gasteiger partial charge on any atom is -0.497 e.